The van der Waals surface area contributed by atoms with Crippen LogP contribution in [-0.4, -0.2) is 23.4 Å². The molecule has 0 N–H and O–H groups in total. The van der Waals surface area contributed by atoms with Gasteiger partial charge < -0.3 is 4.90 Å². The van der Waals surface area contributed by atoms with Crippen LogP contribution in [0.3, 0.4) is 0 Å². The summed E-state index contributed by atoms with van der Waals surface area (Å²) < 4.78 is 17.3. The van der Waals surface area contributed by atoms with Crippen LogP contribution in [0, 0.1) is 11.2 Å². The molecular formula is C19H18BrFN2S. The number of nitrogens with zero attached hydrogens (tertiary/aromatic N) is 2. The molecular weight excluding hydrogens is 387 g/mol. The highest BCUT2D eigenvalue weighted by atomic mass is 79.9. The molecule has 2 heterocycles. The summed E-state index contributed by atoms with van der Waals surface area (Å²) in [4.78, 5) is 3.43. The molecule has 0 aromatic heterocycles. The van der Waals surface area contributed by atoms with E-state index in [4.69, 9.17) is 0 Å². The Morgan fingerprint density at radius 2 is 1.96 bits per heavy atom. The van der Waals surface area contributed by atoms with E-state index < -0.39 is 0 Å². The number of hydrogen-bond donors (Lipinski definition) is 0. The predicted molar refractivity (Wildman–Crippen MR) is 100 cm³/mol. The Morgan fingerprint density at radius 3 is 2.71 bits per heavy atom. The first-order valence-corrected chi connectivity index (χ1v) is 9.97. The van der Waals surface area contributed by atoms with Crippen molar-refractivity contribution in [3.05, 3.63) is 52.8 Å². The largest absolute Gasteiger partial charge is 0.339 e. The van der Waals surface area contributed by atoms with E-state index in [1.807, 2.05) is 24.1 Å². The van der Waals surface area contributed by atoms with Crippen molar-refractivity contribution in [3.8, 4) is 0 Å². The SMILES string of the molecule is Fc1cc2c(cc1Br)SN1CC3(CC3)CC1CN2c1ccccc1. The molecule has 2 aromatic rings. The number of halogens is 2. The van der Waals surface area contributed by atoms with Crippen LogP contribution in [-0.2, 0) is 0 Å². The zero-order chi connectivity index (χ0) is 16.3. The fourth-order valence-electron chi connectivity index (χ4n) is 4.02. The van der Waals surface area contributed by atoms with Crippen LogP contribution in [0.15, 0.2) is 51.8 Å². The van der Waals surface area contributed by atoms with E-state index in [0.717, 1.165) is 22.8 Å². The summed E-state index contributed by atoms with van der Waals surface area (Å²) in [7, 11) is 0. The maximum Gasteiger partial charge on any atom is 0.139 e. The predicted octanol–water partition coefficient (Wildman–Crippen LogP) is 5.60. The Balaban J connectivity index is 1.62. The second kappa shape index (κ2) is 5.48. The van der Waals surface area contributed by atoms with Gasteiger partial charge >= 0.3 is 0 Å². The van der Waals surface area contributed by atoms with E-state index in [0.29, 0.717) is 15.9 Å². The Hall–Kier alpha value is -1.04. The van der Waals surface area contributed by atoms with Crippen LogP contribution in [0.25, 0.3) is 0 Å². The molecule has 24 heavy (non-hydrogen) atoms. The van der Waals surface area contributed by atoms with Gasteiger partial charge in [0.1, 0.15) is 5.82 Å². The highest BCUT2D eigenvalue weighted by molar-refractivity contribution is 9.10. The van der Waals surface area contributed by atoms with Gasteiger partial charge in [0.25, 0.3) is 0 Å². The van der Waals surface area contributed by atoms with Crippen LogP contribution < -0.4 is 4.90 Å². The lowest BCUT2D eigenvalue weighted by Gasteiger charge is -2.27. The molecule has 124 valence electrons. The van der Waals surface area contributed by atoms with Gasteiger partial charge in [0.05, 0.1) is 10.2 Å². The molecule has 2 fully saturated rings. The molecule has 0 radical (unpaired) electrons. The lowest BCUT2D eigenvalue weighted by atomic mass is 10.0. The van der Waals surface area contributed by atoms with E-state index in [1.165, 1.54) is 25.8 Å². The summed E-state index contributed by atoms with van der Waals surface area (Å²) in [5, 5.41) is 0. The topological polar surface area (TPSA) is 6.48 Å². The maximum absolute atomic E-state index is 14.3. The van der Waals surface area contributed by atoms with E-state index in [1.54, 1.807) is 6.07 Å². The molecule has 3 aliphatic rings. The van der Waals surface area contributed by atoms with Gasteiger partial charge in [0.2, 0.25) is 0 Å². The summed E-state index contributed by atoms with van der Waals surface area (Å²) in [5.41, 5.74) is 2.68. The van der Waals surface area contributed by atoms with Crippen molar-refractivity contribution >= 4 is 39.3 Å². The van der Waals surface area contributed by atoms with E-state index >= 15 is 0 Å². The number of anilines is 2. The quantitative estimate of drug-likeness (QED) is 0.570. The average Bonchev–Trinajstić information content (AvgIpc) is 3.27. The van der Waals surface area contributed by atoms with Gasteiger partial charge in [-0.05, 0) is 76.8 Å². The van der Waals surface area contributed by atoms with Crippen LogP contribution in [0.5, 0.6) is 0 Å². The van der Waals surface area contributed by atoms with Crippen molar-refractivity contribution < 1.29 is 4.39 Å². The molecule has 5 heteroatoms. The molecule has 0 bridgehead atoms. The standard InChI is InChI=1S/C19H18BrFN2S/c20-15-8-18-17(9-16(15)21)22(13-4-2-1-3-5-13)11-14-10-19(6-7-19)12-23(14)24-18/h1-5,8-9,14H,6-7,10-12H2. The monoisotopic (exact) mass is 404 g/mol. The molecule has 2 nitrogen and oxygen atoms in total. The summed E-state index contributed by atoms with van der Waals surface area (Å²) in [6.45, 7) is 2.09. The van der Waals surface area contributed by atoms with E-state index in [2.05, 4.69) is 49.4 Å². The van der Waals surface area contributed by atoms with Crippen molar-refractivity contribution in [3.63, 3.8) is 0 Å². The maximum atomic E-state index is 14.3. The molecule has 1 unspecified atom stereocenters. The average molecular weight is 405 g/mol. The summed E-state index contributed by atoms with van der Waals surface area (Å²) in [6, 6.07) is 14.5. The second-order valence-electron chi connectivity index (χ2n) is 7.20. The molecule has 1 atom stereocenters. The Labute approximate surface area is 154 Å². The van der Waals surface area contributed by atoms with Crippen molar-refractivity contribution in [1.82, 2.24) is 4.31 Å². The van der Waals surface area contributed by atoms with Crippen molar-refractivity contribution in [2.24, 2.45) is 5.41 Å². The van der Waals surface area contributed by atoms with E-state index in [-0.39, 0.29) is 5.82 Å². The van der Waals surface area contributed by atoms with Gasteiger partial charge in [-0.25, -0.2) is 8.70 Å². The highest BCUT2D eigenvalue weighted by Crippen LogP contribution is 2.58. The number of fused-ring (bicyclic) bond motifs is 2. The minimum Gasteiger partial charge on any atom is -0.339 e. The van der Waals surface area contributed by atoms with Crippen LogP contribution in [0.4, 0.5) is 15.8 Å². The number of benzene rings is 2. The normalized spacial score (nSPS) is 24.6. The first kappa shape index (κ1) is 15.2. The van der Waals surface area contributed by atoms with Crippen LogP contribution >= 0.6 is 27.9 Å². The Kier molecular flexibility index (Phi) is 3.48. The number of rotatable bonds is 1. The van der Waals surface area contributed by atoms with Gasteiger partial charge in [-0.1, -0.05) is 18.2 Å². The number of hydrogen-bond acceptors (Lipinski definition) is 3. The molecule has 0 amide bonds. The molecule has 1 aliphatic carbocycles. The summed E-state index contributed by atoms with van der Waals surface area (Å²) >= 11 is 5.16. The Bertz CT molecular complexity index is 793. The van der Waals surface area contributed by atoms with Gasteiger partial charge in [-0.15, -0.1) is 0 Å². The molecule has 1 saturated heterocycles. The van der Waals surface area contributed by atoms with Gasteiger partial charge in [0.15, 0.2) is 0 Å². The minimum absolute atomic E-state index is 0.198. The smallest absolute Gasteiger partial charge is 0.139 e. The zero-order valence-corrected chi connectivity index (χ0v) is 15.6. The molecule has 5 rings (SSSR count). The highest BCUT2D eigenvalue weighted by Gasteiger charge is 2.53. The fraction of sp³-hybridized carbons (Fsp3) is 0.368. The molecule has 1 spiro atoms. The van der Waals surface area contributed by atoms with E-state index in [9.17, 15) is 4.39 Å². The lowest BCUT2D eigenvalue weighted by Crippen LogP contribution is -2.32. The van der Waals surface area contributed by atoms with Crippen LogP contribution in [0.2, 0.25) is 0 Å². The van der Waals surface area contributed by atoms with Gasteiger partial charge in [0, 0.05) is 29.7 Å². The zero-order valence-electron chi connectivity index (χ0n) is 13.2. The van der Waals surface area contributed by atoms with Crippen molar-refractivity contribution in [1.29, 1.82) is 0 Å². The van der Waals surface area contributed by atoms with Crippen molar-refractivity contribution in [2.75, 3.05) is 18.0 Å². The fourth-order valence-corrected chi connectivity index (χ4v) is 5.83. The summed E-state index contributed by atoms with van der Waals surface area (Å²) in [5.74, 6) is -0.198. The summed E-state index contributed by atoms with van der Waals surface area (Å²) in [6.07, 6.45) is 4.00. The minimum atomic E-state index is -0.198. The second-order valence-corrected chi connectivity index (χ2v) is 9.15. The third-order valence-electron chi connectivity index (χ3n) is 5.49. The molecule has 1 saturated carbocycles. The third kappa shape index (κ3) is 2.49. The number of para-hydroxylation sites is 1. The first-order chi connectivity index (χ1) is 11.6. The first-order valence-electron chi connectivity index (χ1n) is 8.40. The van der Waals surface area contributed by atoms with Crippen molar-refractivity contribution in [2.45, 2.75) is 30.2 Å². The van der Waals surface area contributed by atoms with Crippen LogP contribution in [0.1, 0.15) is 19.3 Å². The van der Waals surface area contributed by atoms with Gasteiger partial charge in [-0.3, -0.25) is 0 Å². The lowest BCUT2D eigenvalue weighted by molar-refractivity contribution is 0.443. The third-order valence-corrected chi connectivity index (χ3v) is 7.29. The molecule has 2 aromatic carbocycles. The molecule has 2 aliphatic heterocycles. The Morgan fingerprint density at radius 1 is 1.17 bits per heavy atom. The van der Waals surface area contributed by atoms with Gasteiger partial charge in [-0.2, -0.15) is 0 Å².